The van der Waals surface area contributed by atoms with E-state index in [2.05, 4.69) is 10.6 Å². The van der Waals surface area contributed by atoms with Gasteiger partial charge in [-0.05, 0) is 42.5 Å². The number of thiocarbonyl (C=S) groups is 1. The van der Waals surface area contributed by atoms with E-state index in [0.29, 0.717) is 32.0 Å². The lowest BCUT2D eigenvalue weighted by Gasteiger charge is -2.31. The van der Waals surface area contributed by atoms with Crippen LogP contribution in [0.25, 0.3) is 0 Å². The lowest BCUT2D eigenvalue weighted by Crippen LogP contribution is -2.38. The molecule has 2 aromatic rings. The van der Waals surface area contributed by atoms with Crippen molar-refractivity contribution < 1.29 is 32.2 Å². The van der Waals surface area contributed by atoms with E-state index in [0.717, 1.165) is 12.1 Å². The molecule has 3 rings (SSSR count). The summed E-state index contributed by atoms with van der Waals surface area (Å²) in [7, 11) is 2.80. The van der Waals surface area contributed by atoms with Crippen molar-refractivity contribution in [1.29, 1.82) is 0 Å². The smallest absolute Gasteiger partial charge is 0.416 e. The minimum Gasteiger partial charge on any atom is -0.496 e. The number of carbonyl (C=O) groups excluding carboxylic acids is 1. The first-order chi connectivity index (χ1) is 15.2. The van der Waals surface area contributed by atoms with E-state index in [1.807, 2.05) is 4.90 Å². The molecule has 1 aliphatic heterocycles. The number of nitrogens with zero attached hydrogens (tertiary/aromatic N) is 1. The molecule has 1 fully saturated rings. The Labute approximate surface area is 188 Å². The first-order valence-corrected chi connectivity index (χ1v) is 10.0. The number of carbonyl (C=O) groups is 1. The molecular weight excluding hydrogens is 447 g/mol. The minimum absolute atomic E-state index is 0.110. The molecule has 0 aliphatic carbocycles. The number of hydrogen-bond acceptors (Lipinski definition) is 6. The van der Waals surface area contributed by atoms with Gasteiger partial charge in [-0.2, -0.15) is 13.2 Å². The zero-order valence-electron chi connectivity index (χ0n) is 17.4. The van der Waals surface area contributed by atoms with Crippen molar-refractivity contribution in [2.24, 2.45) is 0 Å². The van der Waals surface area contributed by atoms with Crippen LogP contribution in [0.5, 0.6) is 11.5 Å². The molecule has 0 radical (unpaired) electrons. The van der Waals surface area contributed by atoms with Gasteiger partial charge >= 0.3 is 6.18 Å². The second-order valence-corrected chi connectivity index (χ2v) is 7.18. The number of morpholine rings is 1. The number of anilines is 2. The number of methoxy groups -OCH3 is 2. The molecule has 11 heteroatoms. The fraction of sp³-hybridized carbons (Fsp3) is 0.333. The van der Waals surface area contributed by atoms with Gasteiger partial charge in [-0.1, -0.05) is 6.07 Å². The molecule has 2 aromatic carbocycles. The molecule has 1 saturated heterocycles. The Balaban J connectivity index is 1.86. The molecule has 1 amide bonds. The molecule has 32 heavy (non-hydrogen) atoms. The summed E-state index contributed by atoms with van der Waals surface area (Å²) in [6, 6.07) is 8.17. The number of halogens is 3. The molecule has 0 saturated carbocycles. The number of alkyl halides is 3. The summed E-state index contributed by atoms with van der Waals surface area (Å²) >= 11 is 5.22. The van der Waals surface area contributed by atoms with Gasteiger partial charge < -0.3 is 24.4 Å². The third-order valence-corrected chi connectivity index (χ3v) is 5.01. The normalized spacial score (nSPS) is 14.0. The van der Waals surface area contributed by atoms with E-state index in [9.17, 15) is 18.0 Å². The Bertz CT molecular complexity index is 972. The average molecular weight is 469 g/mol. The highest BCUT2D eigenvalue weighted by Crippen LogP contribution is 2.36. The van der Waals surface area contributed by atoms with E-state index in [1.165, 1.54) is 20.3 Å². The predicted octanol–water partition coefficient (Wildman–Crippen LogP) is 3.69. The van der Waals surface area contributed by atoms with Crippen LogP contribution in [0.15, 0.2) is 36.4 Å². The second kappa shape index (κ2) is 10.0. The topological polar surface area (TPSA) is 72.1 Å². The third-order valence-electron chi connectivity index (χ3n) is 4.81. The number of ether oxygens (including phenoxy) is 3. The highest BCUT2D eigenvalue weighted by atomic mass is 32.1. The zero-order valence-corrected chi connectivity index (χ0v) is 18.2. The third kappa shape index (κ3) is 5.40. The van der Waals surface area contributed by atoms with Crippen LogP contribution in [0.2, 0.25) is 0 Å². The largest absolute Gasteiger partial charge is 0.496 e. The van der Waals surface area contributed by atoms with Crippen LogP contribution in [0.1, 0.15) is 15.9 Å². The number of rotatable bonds is 5. The quantitative estimate of drug-likeness (QED) is 0.648. The van der Waals surface area contributed by atoms with Crippen LogP contribution in [-0.4, -0.2) is 51.5 Å². The molecule has 7 nitrogen and oxygen atoms in total. The maximum Gasteiger partial charge on any atom is 0.416 e. The molecule has 172 valence electrons. The van der Waals surface area contributed by atoms with Gasteiger partial charge in [0.2, 0.25) is 0 Å². The highest BCUT2D eigenvalue weighted by molar-refractivity contribution is 7.80. The van der Waals surface area contributed by atoms with Gasteiger partial charge in [-0.3, -0.25) is 10.1 Å². The molecule has 1 aliphatic rings. The Morgan fingerprint density at radius 3 is 2.28 bits per heavy atom. The monoisotopic (exact) mass is 469 g/mol. The van der Waals surface area contributed by atoms with E-state index >= 15 is 0 Å². The number of benzene rings is 2. The van der Waals surface area contributed by atoms with E-state index in [-0.39, 0.29) is 27.9 Å². The number of hydrogen-bond donors (Lipinski definition) is 2. The minimum atomic E-state index is -4.53. The summed E-state index contributed by atoms with van der Waals surface area (Å²) in [4.78, 5) is 14.7. The lowest BCUT2D eigenvalue weighted by atomic mass is 10.1. The van der Waals surface area contributed by atoms with Gasteiger partial charge in [0.15, 0.2) is 5.11 Å². The zero-order chi connectivity index (χ0) is 23.3. The second-order valence-electron chi connectivity index (χ2n) is 6.77. The predicted molar refractivity (Wildman–Crippen MR) is 118 cm³/mol. The van der Waals surface area contributed by atoms with Crippen LogP contribution in [0.3, 0.4) is 0 Å². The van der Waals surface area contributed by atoms with Crippen LogP contribution in [0, 0.1) is 0 Å². The summed E-state index contributed by atoms with van der Waals surface area (Å²) in [5.74, 6) is -0.104. The Morgan fingerprint density at radius 2 is 1.72 bits per heavy atom. The Hall–Kier alpha value is -3.05. The van der Waals surface area contributed by atoms with Gasteiger partial charge in [-0.15, -0.1) is 0 Å². The van der Waals surface area contributed by atoms with Gasteiger partial charge in [-0.25, -0.2) is 0 Å². The fourth-order valence-corrected chi connectivity index (χ4v) is 3.49. The molecule has 0 unspecified atom stereocenters. The molecule has 0 aromatic heterocycles. The first-order valence-electron chi connectivity index (χ1n) is 9.62. The van der Waals surface area contributed by atoms with Crippen molar-refractivity contribution in [3.8, 4) is 11.5 Å². The van der Waals surface area contributed by atoms with Crippen molar-refractivity contribution >= 4 is 34.6 Å². The summed E-state index contributed by atoms with van der Waals surface area (Å²) in [5.41, 5.74) is -0.0802. The van der Waals surface area contributed by atoms with Crippen molar-refractivity contribution in [1.82, 2.24) is 5.32 Å². The van der Waals surface area contributed by atoms with Crippen molar-refractivity contribution in [2.45, 2.75) is 6.18 Å². The first kappa shape index (κ1) is 23.6. The van der Waals surface area contributed by atoms with Crippen LogP contribution < -0.4 is 25.0 Å². The van der Waals surface area contributed by atoms with E-state index < -0.39 is 17.6 Å². The van der Waals surface area contributed by atoms with Crippen LogP contribution >= 0.6 is 12.2 Å². The Kier molecular flexibility index (Phi) is 7.41. The summed E-state index contributed by atoms with van der Waals surface area (Å²) < 4.78 is 55.6. The summed E-state index contributed by atoms with van der Waals surface area (Å²) in [6.45, 7) is 1.93. The maximum atomic E-state index is 13.3. The van der Waals surface area contributed by atoms with E-state index in [4.69, 9.17) is 26.4 Å². The van der Waals surface area contributed by atoms with Gasteiger partial charge in [0.1, 0.15) is 17.1 Å². The van der Waals surface area contributed by atoms with Gasteiger partial charge in [0, 0.05) is 13.1 Å². The highest BCUT2D eigenvalue weighted by Gasteiger charge is 2.32. The van der Waals surface area contributed by atoms with Crippen molar-refractivity contribution in [3.63, 3.8) is 0 Å². The molecule has 0 spiro atoms. The van der Waals surface area contributed by atoms with Crippen molar-refractivity contribution in [3.05, 3.63) is 47.5 Å². The molecule has 0 bridgehead atoms. The van der Waals surface area contributed by atoms with Gasteiger partial charge in [0.05, 0.1) is 44.4 Å². The fourth-order valence-electron chi connectivity index (χ4n) is 3.29. The Morgan fingerprint density at radius 1 is 1.09 bits per heavy atom. The SMILES string of the molecule is COc1cccc(OC)c1C(=O)NC(=S)Nc1cc(C(F)(F)F)ccc1N1CCOCC1. The van der Waals surface area contributed by atoms with Crippen LogP contribution in [-0.2, 0) is 10.9 Å². The molecule has 2 N–H and O–H groups in total. The lowest BCUT2D eigenvalue weighted by molar-refractivity contribution is -0.137. The van der Waals surface area contributed by atoms with Crippen molar-refractivity contribution in [2.75, 3.05) is 50.7 Å². The molecule has 0 atom stereocenters. The maximum absolute atomic E-state index is 13.3. The summed E-state index contributed by atoms with van der Waals surface area (Å²) in [6.07, 6.45) is -4.53. The van der Waals surface area contributed by atoms with E-state index in [1.54, 1.807) is 18.2 Å². The van der Waals surface area contributed by atoms with Crippen LogP contribution in [0.4, 0.5) is 24.5 Å². The number of amides is 1. The van der Waals surface area contributed by atoms with Gasteiger partial charge in [0.25, 0.3) is 5.91 Å². The molecular formula is C21H22F3N3O4S. The summed E-state index contributed by atoms with van der Waals surface area (Å²) in [5, 5.41) is 5.04. The average Bonchev–Trinajstić information content (AvgIpc) is 2.78. The number of nitrogens with one attached hydrogen (secondary N) is 2. The standard InChI is InChI=1S/C21H22F3N3O4S/c1-29-16-4-3-5-17(30-2)18(16)19(28)26-20(32)25-14-12-13(21(22,23)24)6-7-15(14)27-8-10-31-11-9-27/h3-7,12H,8-11H2,1-2H3,(H2,25,26,28,32). The molecule has 1 heterocycles.